The lowest BCUT2D eigenvalue weighted by Gasteiger charge is -2.33. The zero-order valence-electron chi connectivity index (χ0n) is 19.1. The second-order valence-corrected chi connectivity index (χ2v) is 11.9. The molecular formula is C24H24ClN5O3S2. The van der Waals surface area contributed by atoms with Gasteiger partial charge in [0.25, 0.3) is 15.9 Å². The maximum atomic E-state index is 13.2. The molecule has 1 saturated heterocycles. The van der Waals surface area contributed by atoms with Gasteiger partial charge in [-0.2, -0.15) is 9.57 Å². The fraction of sp³-hybridized carbons (Fsp3) is 0.292. The van der Waals surface area contributed by atoms with E-state index < -0.39 is 10.0 Å². The fourth-order valence-electron chi connectivity index (χ4n) is 3.87. The van der Waals surface area contributed by atoms with Gasteiger partial charge in [-0.3, -0.25) is 10.2 Å². The van der Waals surface area contributed by atoms with Crippen LogP contribution in [0.1, 0.15) is 22.3 Å². The first-order valence-corrected chi connectivity index (χ1v) is 13.6. The van der Waals surface area contributed by atoms with Gasteiger partial charge in [0, 0.05) is 60.6 Å². The van der Waals surface area contributed by atoms with E-state index in [0.29, 0.717) is 42.2 Å². The Hall–Kier alpha value is -2.97. The van der Waals surface area contributed by atoms with Crippen molar-refractivity contribution in [2.45, 2.75) is 10.6 Å². The van der Waals surface area contributed by atoms with Crippen LogP contribution in [0.25, 0.3) is 10.1 Å². The smallest absolute Gasteiger partial charge is 0.253 e. The summed E-state index contributed by atoms with van der Waals surface area (Å²) in [5.74, 6) is 0.107. The first-order chi connectivity index (χ1) is 16.7. The summed E-state index contributed by atoms with van der Waals surface area (Å²) < 4.78 is 28.8. The molecule has 2 heterocycles. The third-order valence-corrected chi connectivity index (χ3v) is 9.61. The standard InChI is InChI=1S/C24H24ClN5O3S2/c1-28(10-2-9-26)23(27)17-3-5-18(6-4-17)24(31)29-11-13-30(14-12-29)35(32,33)22-15-19-7-8-20(25)16-21(19)34-22/h3-8,15-16,27H,2,10-14H2,1H3. The number of nitrogens with one attached hydrogen (secondary N) is 1. The predicted molar refractivity (Wildman–Crippen MR) is 138 cm³/mol. The number of nitriles is 1. The number of fused-ring (bicyclic) bond motifs is 1. The minimum absolute atomic E-state index is 0.172. The molecule has 0 atom stereocenters. The number of hydrogen-bond acceptors (Lipinski definition) is 6. The molecule has 0 radical (unpaired) electrons. The van der Waals surface area contributed by atoms with Gasteiger partial charge in [0.15, 0.2) is 0 Å². The molecular weight excluding hydrogens is 506 g/mol. The van der Waals surface area contributed by atoms with E-state index in [1.807, 2.05) is 0 Å². The number of carbonyl (C=O) groups excluding carboxylic acids is 1. The van der Waals surface area contributed by atoms with Crippen LogP contribution in [0.3, 0.4) is 0 Å². The van der Waals surface area contributed by atoms with Gasteiger partial charge in [0.05, 0.1) is 12.5 Å². The van der Waals surface area contributed by atoms with Gasteiger partial charge in [-0.05, 0) is 35.7 Å². The molecule has 4 rings (SSSR count). The zero-order valence-corrected chi connectivity index (χ0v) is 21.5. The zero-order chi connectivity index (χ0) is 25.2. The summed E-state index contributed by atoms with van der Waals surface area (Å²) in [6.45, 7) is 1.48. The van der Waals surface area contributed by atoms with Crippen LogP contribution in [0.4, 0.5) is 0 Å². The average molecular weight is 530 g/mol. The van der Waals surface area contributed by atoms with Crippen molar-refractivity contribution in [3.63, 3.8) is 0 Å². The molecule has 1 aliphatic heterocycles. The van der Waals surface area contributed by atoms with Gasteiger partial charge in [0.2, 0.25) is 0 Å². The molecule has 2 aromatic carbocycles. The topological polar surface area (TPSA) is 109 Å². The molecule has 11 heteroatoms. The Balaban J connectivity index is 1.39. The van der Waals surface area contributed by atoms with E-state index in [9.17, 15) is 13.2 Å². The Morgan fingerprint density at radius 3 is 2.43 bits per heavy atom. The van der Waals surface area contributed by atoms with Crippen molar-refractivity contribution in [2.75, 3.05) is 39.8 Å². The van der Waals surface area contributed by atoms with Gasteiger partial charge >= 0.3 is 0 Å². The van der Waals surface area contributed by atoms with E-state index in [1.165, 1.54) is 15.6 Å². The maximum absolute atomic E-state index is 13.2. The molecule has 3 aromatic rings. The van der Waals surface area contributed by atoms with Crippen LogP contribution in [0.5, 0.6) is 0 Å². The van der Waals surface area contributed by atoms with Crippen molar-refractivity contribution in [2.24, 2.45) is 0 Å². The van der Waals surface area contributed by atoms with Crippen LogP contribution in [-0.4, -0.2) is 74.0 Å². The number of hydrogen-bond donors (Lipinski definition) is 1. The number of piperazine rings is 1. The van der Waals surface area contributed by atoms with E-state index in [-0.39, 0.29) is 29.0 Å². The molecule has 0 spiro atoms. The van der Waals surface area contributed by atoms with Crippen molar-refractivity contribution in [3.05, 3.63) is 64.7 Å². The van der Waals surface area contributed by atoms with Crippen molar-refractivity contribution in [3.8, 4) is 6.07 Å². The molecule has 0 bridgehead atoms. The lowest BCUT2D eigenvalue weighted by molar-refractivity contribution is 0.0698. The first kappa shape index (κ1) is 25.1. The second-order valence-electron chi connectivity index (χ2n) is 8.20. The molecule has 182 valence electrons. The summed E-state index contributed by atoms with van der Waals surface area (Å²) in [6.07, 6.45) is 0.328. The van der Waals surface area contributed by atoms with Crippen LogP contribution in [0, 0.1) is 16.7 Å². The first-order valence-electron chi connectivity index (χ1n) is 11.0. The molecule has 1 N–H and O–H groups in total. The monoisotopic (exact) mass is 529 g/mol. The normalized spacial score (nSPS) is 14.6. The van der Waals surface area contributed by atoms with Crippen LogP contribution in [0.15, 0.2) is 52.7 Å². The Bertz CT molecular complexity index is 1410. The van der Waals surface area contributed by atoms with Crippen LogP contribution in [-0.2, 0) is 10.0 Å². The molecule has 0 saturated carbocycles. The number of benzene rings is 2. The van der Waals surface area contributed by atoms with Crippen LogP contribution in [0.2, 0.25) is 5.02 Å². The lowest BCUT2D eigenvalue weighted by atomic mass is 10.1. The number of nitrogens with zero attached hydrogens (tertiary/aromatic N) is 4. The molecule has 35 heavy (non-hydrogen) atoms. The summed E-state index contributed by atoms with van der Waals surface area (Å²) in [5.41, 5.74) is 1.14. The molecule has 1 aliphatic rings. The third kappa shape index (κ3) is 5.33. The number of amides is 1. The fourth-order valence-corrected chi connectivity index (χ4v) is 7.12. The Morgan fingerprint density at radius 2 is 1.77 bits per heavy atom. The lowest BCUT2D eigenvalue weighted by Crippen LogP contribution is -2.50. The summed E-state index contributed by atoms with van der Waals surface area (Å²) >= 11 is 7.22. The highest BCUT2D eigenvalue weighted by Gasteiger charge is 2.31. The molecule has 1 aromatic heterocycles. The minimum atomic E-state index is -3.66. The number of thiophene rings is 1. The molecule has 1 amide bonds. The maximum Gasteiger partial charge on any atom is 0.253 e. The Kier molecular flexibility index (Phi) is 7.42. The van der Waals surface area contributed by atoms with Crippen LogP contribution >= 0.6 is 22.9 Å². The predicted octanol–water partition coefficient (Wildman–Crippen LogP) is 3.87. The van der Waals surface area contributed by atoms with E-state index in [2.05, 4.69) is 6.07 Å². The Morgan fingerprint density at radius 1 is 1.11 bits per heavy atom. The molecule has 1 fully saturated rings. The van der Waals surface area contributed by atoms with E-state index in [0.717, 1.165) is 10.1 Å². The highest BCUT2D eigenvalue weighted by Crippen LogP contribution is 2.33. The van der Waals surface area contributed by atoms with E-state index in [4.69, 9.17) is 22.3 Å². The molecule has 0 unspecified atom stereocenters. The summed E-state index contributed by atoms with van der Waals surface area (Å²) in [5, 5.41) is 18.3. The number of amidine groups is 1. The second kappa shape index (κ2) is 10.3. The van der Waals surface area contributed by atoms with Gasteiger partial charge in [-0.25, -0.2) is 8.42 Å². The average Bonchev–Trinajstić information content (AvgIpc) is 3.30. The summed E-state index contributed by atoms with van der Waals surface area (Å²) in [4.78, 5) is 16.3. The SMILES string of the molecule is CN(CCC#N)C(=N)c1ccc(C(=O)N2CCN(S(=O)(=O)c3cc4ccc(Cl)cc4s3)CC2)cc1. The van der Waals surface area contributed by atoms with Gasteiger partial charge in [-0.15, -0.1) is 11.3 Å². The van der Waals surface area contributed by atoms with Crippen LogP contribution < -0.4 is 0 Å². The van der Waals surface area contributed by atoms with Gasteiger partial charge in [-0.1, -0.05) is 29.8 Å². The minimum Gasteiger partial charge on any atom is -0.359 e. The number of rotatable bonds is 6. The number of sulfonamides is 1. The summed E-state index contributed by atoms with van der Waals surface area (Å²) in [7, 11) is -1.91. The quantitative estimate of drug-likeness (QED) is 0.385. The highest BCUT2D eigenvalue weighted by molar-refractivity contribution is 7.91. The third-order valence-electron chi connectivity index (χ3n) is 5.93. The van der Waals surface area contributed by atoms with E-state index >= 15 is 0 Å². The van der Waals surface area contributed by atoms with E-state index in [1.54, 1.807) is 65.4 Å². The van der Waals surface area contributed by atoms with Crippen molar-refractivity contribution < 1.29 is 13.2 Å². The largest absolute Gasteiger partial charge is 0.359 e. The Labute approximate surface area is 213 Å². The highest BCUT2D eigenvalue weighted by atomic mass is 35.5. The summed E-state index contributed by atoms with van der Waals surface area (Å²) in [6, 6.07) is 15.8. The molecule has 8 nitrogen and oxygen atoms in total. The van der Waals surface area contributed by atoms with Crippen molar-refractivity contribution >= 4 is 54.8 Å². The number of halogens is 1. The van der Waals surface area contributed by atoms with Gasteiger partial charge in [0.1, 0.15) is 10.0 Å². The number of carbonyl (C=O) groups is 1. The van der Waals surface area contributed by atoms with Crippen molar-refractivity contribution in [1.29, 1.82) is 10.7 Å². The molecule has 0 aliphatic carbocycles. The van der Waals surface area contributed by atoms with Crippen molar-refractivity contribution in [1.82, 2.24) is 14.1 Å². The van der Waals surface area contributed by atoms with Gasteiger partial charge < -0.3 is 9.80 Å².